The highest BCUT2D eigenvalue weighted by Crippen LogP contribution is 2.29. The van der Waals surface area contributed by atoms with E-state index in [9.17, 15) is 13.2 Å². The predicted molar refractivity (Wildman–Crippen MR) is 74.8 cm³/mol. The fourth-order valence-corrected chi connectivity index (χ4v) is 1.87. The van der Waals surface area contributed by atoms with Gasteiger partial charge in [-0.2, -0.15) is 28.1 Å². The van der Waals surface area contributed by atoms with Crippen molar-refractivity contribution >= 4 is 29.6 Å². The van der Waals surface area contributed by atoms with Crippen molar-refractivity contribution in [1.29, 1.82) is 0 Å². The molecule has 0 saturated heterocycles. The van der Waals surface area contributed by atoms with Gasteiger partial charge in [0.1, 0.15) is 0 Å². The number of anilines is 3. The third-order valence-electron chi connectivity index (χ3n) is 2.34. The summed E-state index contributed by atoms with van der Waals surface area (Å²) in [5, 5.41) is 2.71. The Hall–Kier alpha value is -1.45. The molecule has 0 saturated carbocycles. The van der Waals surface area contributed by atoms with Crippen LogP contribution in [-0.4, -0.2) is 45.8 Å². The summed E-state index contributed by atoms with van der Waals surface area (Å²) in [7, 11) is 0. The van der Waals surface area contributed by atoms with Gasteiger partial charge in [0.25, 0.3) is 0 Å². The average molecular weight is 310 g/mol. The van der Waals surface area contributed by atoms with Crippen molar-refractivity contribution in [2.45, 2.75) is 19.4 Å². The second-order valence-corrected chi connectivity index (χ2v) is 4.87. The van der Waals surface area contributed by atoms with Crippen LogP contribution in [0, 0.1) is 0 Å². The monoisotopic (exact) mass is 310 g/mol. The third kappa shape index (κ3) is 5.68. The van der Waals surface area contributed by atoms with Gasteiger partial charge in [0.2, 0.25) is 17.8 Å². The number of hydrogen-bond acceptors (Lipinski definition) is 7. The van der Waals surface area contributed by atoms with Crippen molar-refractivity contribution < 1.29 is 13.2 Å². The SMILES string of the molecule is CCN(CC)c1nc(N)nc(NCCSC(F)(F)F)n1. The minimum absolute atomic E-state index is 0.0351. The fourth-order valence-electron chi connectivity index (χ4n) is 1.44. The van der Waals surface area contributed by atoms with Crippen LogP contribution in [0.25, 0.3) is 0 Å². The molecule has 1 aromatic rings. The Morgan fingerprint density at radius 1 is 1.20 bits per heavy atom. The van der Waals surface area contributed by atoms with Gasteiger partial charge >= 0.3 is 5.51 Å². The maximum atomic E-state index is 12.0. The summed E-state index contributed by atoms with van der Waals surface area (Å²) >= 11 is -0.0988. The number of thioether (sulfide) groups is 1. The van der Waals surface area contributed by atoms with Gasteiger partial charge in [0, 0.05) is 25.4 Å². The molecule has 10 heteroatoms. The number of rotatable bonds is 7. The number of nitrogens with one attached hydrogen (secondary N) is 1. The lowest BCUT2D eigenvalue weighted by Gasteiger charge is -2.19. The van der Waals surface area contributed by atoms with Gasteiger partial charge in [-0.1, -0.05) is 0 Å². The maximum Gasteiger partial charge on any atom is 0.441 e. The van der Waals surface area contributed by atoms with Crippen molar-refractivity contribution in [3.63, 3.8) is 0 Å². The summed E-state index contributed by atoms with van der Waals surface area (Å²) in [5.41, 5.74) is 1.34. The number of nitrogen functional groups attached to an aromatic ring is 1. The number of aromatic nitrogens is 3. The molecule has 0 radical (unpaired) electrons. The first-order valence-electron chi connectivity index (χ1n) is 6.06. The standard InChI is InChI=1S/C10H17F3N6S/c1-3-19(4-2)9-17-7(14)16-8(18-9)15-5-6-20-10(11,12)13/h3-6H2,1-2H3,(H3,14,15,16,17,18). The van der Waals surface area contributed by atoms with Crippen LogP contribution in [0.4, 0.5) is 31.0 Å². The summed E-state index contributed by atoms with van der Waals surface area (Å²) in [5.74, 6) is 0.499. The average Bonchev–Trinajstić information content (AvgIpc) is 2.34. The van der Waals surface area contributed by atoms with Crippen molar-refractivity contribution in [3.8, 4) is 0 Å². The molecule has 0 aliphatic rings. The molecule has 0 aliphatic carbocycles. The smallest absolute Gasteiger partial charge is 0.368 e. The van der Waals surface area contributed by atoms with Gasteiger partial charge < -0.3 is 16.0 Å². The highest BCUT2D eigenvalue weighted by atomic mass is 32.2. The molecule has 0 fully saturated rings. The van der Waals surface area contributed by atoms with Crippen molar-refractivity contribution in [2.75, 3.05) is 41.3 Å². The van der Waals surface area contributed by atoms with Gasteiger partial charge in [-0.05, 0) is 25.6 Å². The molecule has 0 aromatic carbocycles. The molecule has 6 nitrogen and oxygen atoms in total. The van der Waals surface area contributed by atoms with Crippen molar-refractivity contribution in [3.05, 3.63) is 0 Å². The second-order valence-electron chi connectivity index (χ2n) is 3.71. The Morgan fingerprint density at radius 3 is 2.40 bits per heavy atom. The quantitative estimate of drug-likeness (QED) is 0.745. The van der Waals surface area contributed by atoms with Crippen LogP contribution in [0.2, 0.25) is 0 Å². The Kier molecular flexibility index (Phi) is 6.11. The normalized spacial score (nSPS) is 11.4. The molecule has 0 bridgehead atoms. The number of alkyl halides is 3. The van der Waals surface area contributed by atoms with Gasteiger partial charge in [-0.25, -0.2) is 0 Å². The van der Waals surface area contributed by atoms with Gasteiger partial charge in [0.15, 0.2) is 0 Å². The molecule has 1 aromatic heterocycles. The summed E-state index contributed by atoms with van der Waals surface area (Å²) in [6.07, 6.45) is 0. The van der Waals surface area contributed by atoms with E-state index in [1.807, 2.05) is 18.7 Å². The molecule has 114 valence electrons. The molecule has 20 heavy (non-hydrogen) atoms. The van der Waals surface area contributed by atoms with Crippen LogP contribution in [-0.2, 0) is 0 Å². The van der Waals surface area contributed by atoms with E-state index < -0.39 is 5.51 Å². The first kappa shape index (κ1) is 16.6. The van der Waals surface area contributed by atoms with Gasteiger partial charge in [-0.15, -0.1) is 0 Å². The predicted octanol–water partition coefficient (Wildman–Crippen LogP) is 1.96. The molecule has 1 heterocycles. The summed E-state index contributed by atoms with van der Waals surface area (Å²) in [6.45, 7) is 5.37. The zero-order valence-corrected chi connectivity index (χ0v) is 12.1. The molecular weight excluding hydrogens is 293 g/mol. The Labute approximate surface area is 119 Å². The zero-order valence-electron chi connectivity index (χ0n) is 11.2. The van der Waals surface area contributed by atoms with Crippen LogP contribution < -0.4 is 16.0 Å². The van der Waals surface area contributed by atoms with E-state index in [-0.39, 0.29) is 36.0 Å². The molecule has 0 amide bonds. The van der Waals surface area contributed by atoms with E-state index in [0.717, 1.165) is 0 Å². The Morgan fingerprint density at radius 2 is 1.85 bits per heavy atom. The van der Waals surface area contributed by atoms with Crippen molar-refractivity contribution in [1.82, 2.24) is 15.0 Å². The summed E-state index contributed by atoms with van der Waals surface area (Å²) in [6, 6.07) is 0. The number of halogens is 3. The van der Waals surface area contributed by atoms with E-state index >= 15 is 0 Å². The van der Waals surface area contributed by atoms with Gasteiger partial charge in [-0.3, -0.25) is 0 Å². The Bertz CT molecular complexity index is 424. The molecule has 3 N–H and O–H groups in total. The second kappa shape index (κ2) is 7.36. The van der Waals surface area contributed by atoms with E-state index in [1.165, 1.54) is 0 Å². The molecule has 1 rings (SSSR count). The molecular formula is C10H17F3N6S. The van der Waals surface area contributed by atoms with Crippen LogP contribution >= 0.6 is 11.8 Å². The first-order valence-corrected chi connectivity index (χ1v) is 7.05. The van der Waals surface area contributed by atoms with Gasteiger partial charge in [0.05, 0.1) is 0 Å². The third-order valence-corrected chi connectivity index (χ3v) is 3.07. The molecule has 0 spiro atoms. The lowest BCUT2D eigenvalue weighted by atomic mass is 10.5. The molecule has 0 unspecified atom stereocenters. The highest BCUT2D eigenvalue weighted by molar-refractivity contribution is 8.00. The van der Waals surface area contributed by atoms with E-state index in [2.05, 4.69) is 20.3 Å². The number of hydrogen-bond donors (Lipinski definition) is 2. The van der Waals surface area contributed by atoms with Crippen LogP contribution in [0.3, 0.4) is 0 Å². The largest absolute Gasteiger partial charge is 0.441 e. The van der Waals surface area contributed by atoms with E-state index in [4.69, 9.17) is 5.73 Å². The summed E-state index contributed by atoms with van der Waals surface area (Å²) < 4.78 is 35.9. The van der Waals surface area contributed by atoms with Crippen molar-refractivity contribution in [2.24, 2.45) is 0 Å². The van der Waals surface area contributed by atoms with E-state index in [0.29, 0.717) is 19.0 Å². The number of nitrogens with two attached hydrogens (primary N) is 1. The lowest BCUT2D eigenvalue weighted by molar-refractivity contribution is -0.0327. The molecule has 0 atom stereocenters. The zero-order chi connectivity index (χ0) is 15.2. The maximum absolute atomic E-state index is 12.0. The minimum atomic E-state index is -4.23. The first-order chi connectivity index (χ1) is 9.35. The van der Waals surface area contributed by atoms with Crippen LogP contribution in [0.1, 0.15) is 13.8 Å². The Balaban J connectivity index is 2.62. The lowest BCUT2D eigenvalue weighted by Crippen LogP contribution is -2.25. The van der Waals surface area contributed by atoms with Crippen LogP contribution in [0.5, 0.6) is 0 Å². The topological polar surface area (TPSA) is 80.0 Å². The summed E-state index contributed by atoms with van der Waals surface area (Å²) in [4.78, 5) is 13.8. The molecule has 0 aliphatic heterocycles. The minimum Gasteiger partial charge on any atom is -0.368 e. The van der Waals surface area contributed by atoms with E-state index in [1.54, 1.807) is 0 Å². The fraction of sp³-hybridized carbons (Fsp3) is 0.700. The number of nitrogens with zero attached hydrogens (tertiary/aromatic N) is 4. The van der Waals surface area contributed by atoms with Crippen LogP contribution in [0.15, 0.2) is 0 Å². The highest BCUT2D eigenvalue weighted by Gasteiger charge is 2.27.